The monoisotopic (exact) mass is 304 g/mol. The maximum absolute atomic E-state index is 10.3. The van der Waals surface area contributed by atoms with Gasteiger partial charge in [0.05, 0.1) is 6.10 Å². The fraction of sp³-hybridized carbons (Fsp3) is 0.294. The Morgan fingerprint density at radius 3 is 2.14 bits per heavy atom. The number of hydrogen-bond acceptors (Lipinski definition) is 3. The lowest BCUT2D eigenvalue weighted by Gasteiger charge is -2.27. The minimum Gasteiger partial charge on any atom is -0.399 e. The lowest BCUT2D eigenvalue weighted by molar-refractivity contribution is 0.108. The number of benzene rings is 2. The van der Waals surface area contributed by atoms with Gasteiger partial charge in [0.25, 0.3) is 0 Å². The van der Waals surface area contributed by atoms with Crippen LogP contribution in [0, 0.1) is 0 Å². The average molecular weight is 305 g/mol. The van der Waals surface area contributed by atoms with Crippen molar-refractivity contribution in [3.8, 4) is 0 Å². The van der Waals surface area contributed by atoms with Gasteiger partial charge in [0.1, 0.15) is 0 Å². The summed E-state index contributed by atoms with van der Waals surface area (Å²) in [7, 11) is 2.00. The number of likely N-dealkylation sites (N-methyl/N-ethyl adjacent to an activating group) is 1. The molecule has 0 fully saturated rings. The van der Waals surface area contributed by atoms with Gasteiger partial charge in [-0.3, -0.25) is 4.90 Å². The van der Waals surface area contributed by atoms with Gasteiger partial charge in [-0.1, -0.05) is 35.9 Å². The van der Waals surface area contributed by atoms with Crippen LogP contribution in [0.4, 0.5) is 5.69 Å². The molecule has 0 aliphatic rings. The van der Waals surface area contributed by atoms with Crippen LogP contribution in [0.1, 0.15) is 30.2 Å². The predicted molar refractivity (Wildman–Crippen MR) is 88.3 cm³/mol. The van der Waals surface area contributed by atoms with E-state index in [1.165, 1.54) is 5.56 Å². The molecule has 0 aliphatic heterocycles. The zero-order chi connectivity index (χ0) is 15.4. The number of aliphatic hydroxyl groups excluding tert-OH is 1. The first-order valence-electron chi connectivity index (χ1n) is 6.96. The van der Waals surface area contributed by atoms with E-state index >= 15 is 0 Å². The molecule has 0 heterocycles. The average Bonchev–Trinajstić information content (AvgIpc) is 2.47. The Hall–Kier alpha value is -1.55. The molecule has 21 heavy (non-hydrogen) atoms. The van der Waals surface area contributed by atoms with Gasteiger partial charge in [0.2, 0.25) is 0 Å². The Morgan fingerprint density at radius 1 is 1.05 bits per heavy atom. The maximum atomic E-state index is 10.3. The van der Waals surface area contributed by atoms with Crippen molar-refractivity contribution < 1.29 is 5.11 Å². The maximum Gasteiger partial charge on any atom is 0.0917 e. The second-order valence-corrected chi connectivity index (χ2v) is 5.79. The third-order valence-electron chi connectivity index (χ3n) is 3.80. The van der Waals surface area contributed by atoms with Gasteiger partial charge < -0.3 is 10.8 Å². The van der Waals surface area contributed by atoms with Crippen LogP contribution in [0.25, 0.3) is 0 Å². The van der Waals surface area contributed by atoms with Crippen molar-refractivity contribution in [2.75, 3.05) is 19.3 Å². The molecule has 3 N–H and O–H groups in total. The van der Waals surface area contributed by atoms with E-state index in [0.717, 1.165) is 10.6 Å². The van der Waals surface area contributed by atoms with Crippen LogP contribution in [0.3, 0.4) is 0 Å². The van der Waals surface area contributed by atoms with Crippen molar-refractivity contribution in [2.24, 2.45) is 0 Å². The molecule has 0 amide bonds. The molecule has 0 spiro atoms. The van der Waals surface area contributed by atoms with Crippen molar-refractivity contribution in [1.29, 1.82) is 0 Å². The highest BCUT2D eigenvalue weighted by Gasteiger charge is 2.16. The smallest absolute Gasteiger partial charge is 0.0917 e. The molecule has 2 aromatic carbocycles. The molecule has 2 rings (SSSR count). The molecule has 0 aliphatic carbocycles. The quantitative estimate of drug-likeness (QED) is 0.829. The zero-order valence-corrected chi connectivity index (χ0v) is 13.1. The molecule has 112 valence electrons. The second-order valence-electron chi connectivity index (χ2n) is 5.35. The number of nitrogens with two attached hydrogens (primary N) is 1. The van der Waals surface area contributed by atoms with Crippen molar-refractivity contribution >= 4 is 17.3 Å². The van der Waals surface area contributed by atoms with Crippen LogP contribution in [-0.4, -0.2) is 23.6 Å². The van der Waals surface area contributed by atoms with Gasteiger partial charge >= 0.3 is 0 Å². The fourth-order valence-corrected chi connectivity index (χ4v) is 2.38. The molecule has 0 radical (unpaired) electrons. The Kier molecular flexibility index (Phi) is 5.23. The van der Waals surface area contributed by atoms with E-state index in [1.54, 1.807) is 12.1 Å². The summed E-state index contributed by atoms with van der Waals surface area (Å²) in [5.41, 5.74) is 8.41. The van der Waals surface area contributed by atoms with Crippen molar-refractivity contribution in [3.05, 3.63) is 64.7 Å². The highest BCUT2D eigenvalue weighted by Crippen LogP contribution is 2.23. The topological polar surface area (TPSA) is 49.5 Å². The first-order valence-corrected chi connectivity index (χ1v) is 7.34. The first kappa shape index (κ1) is 15.8. The lowest BCUT2D eigenvalue weighted by Crippen LogP contribution is -2.27. The van der Waals surface area contributed by atoms with Crippen LogP contribution in [0.15, 0.2) is 48.5 Å². The summed E-state index contributed by atoms with van der Waals surface area (Å²) < 4.78 is 0. The van der Waals surface area contributed by atoms with Crippen LogP contribution in [0.2, 0.25) is 5.02 Å². The number of nitrogen functional groups attached to an aromatic ring is 1. The van der Waals surface area contributed by atoms with Crippen LogP contribution < -0.4 is 5.73 Å². The molecule has 0 saturated heterocycles. The minimum absolute atomic E-state index is 0.200. The van der Waals surface area contributed by atoms with Crippen LogP contribution in [0.5, 0.6) is 0 Å². The third kappa shape index (κ3) is 4.21. The Balaban J connectivity index is 2.01. The van der Waals surface area contributed by atoms with Gasteiger partial charge in [-0.05, 0) is 49.4 Å². The van der Waals surface area contributed by atoms with Crippen LogP contribution >= 0.6 is 11.6 Å². The second kappa shape index (κ2) is 6.94. The molecule has 2 aromatic rings. The van der Waals surface area contributed by atoms with Gasteiger partial charge in [-0.25, -0.2) is 0 Å². The predicted octanol–water partition coefficient (Wildman–Crippen LogP) is 3.65. The Bertz CT molecular complexity index is 568. The van der Waals surface area contributed by atoms with Crippen molar-refractivity contribution in [3.63, 3.8) is 0 Å². The highest BCUT2D eigenvalue weighted by molar-refractivity contribution is 6.30. The Morgan fingerprint density at radius 2 is 1.57 bits per heavy atom. The largest absolute Gasteiger partial charge is 0.399 e. The normalized spacial score (nSPS) is 14.1. The third-order valence-corrected chi connectivity index (χ3v) is 4.05. The van der Waals surface area contributed by atoms with E-state index in [-0.39, 0.29) is 6.04 Å². The fourth-order valence-electron chi connectivity index (χ4n) is 2.25. The van der Waals surface area contributed by atoms with E-state index in [1.807, 2.05) is 43.4 Å². The molecular formula is C17H21ClN2O. The molecule has 0 saturated carbocycles. The SMILES string of the molecule is CC(c1ccc(Cl)cc1)N(C)CC(O)c1ccc(N)cc1. The summed E-state index contributed by atoms with van der Waals surface area (Å²) in [5.74, 6) is 0. The van der Waals surface area contributed by atoms with Gasteiger partial charge in [0, 0.05) is 23.3 Å². The van der Waals surface area contributed by atoms with Crippen molar-refractivity contribution in [1.82, 2.24) is 4.90 Å². The summed E-state index contributed by atoms with van der Waals surface area (Å²) in [6.45, 7) is 2.66. The lowest BCUT2D eigenvalue weighted by atomic mass is 10.0. The number of hydrogen-bond donors (Lipinski definition) is 2. The molecule has 0 aromatic heterocycles. The van der Waals surface area contributed by atoms with E-state index in [2.05, 4.69) is 11.8 Å². The molecular weight excluding hydrogens is 284 g/mol. The summed E-state index contributed by atoms with van der Waals surface area (Å²) in [4.78, 5) is 2.12. The van der Waals surface area contributed by atoms with E-state index in [9.17, 15) is 5.11 Å². The Labute approximate surface area is 131 Å². The molecule has 3 nitrogen and oxygen atoms in total. The summed E-state index contributed by atoms with van der Waals surface area (Å²) in [6, 6.07) is 15.3. The van der Waals surface area contributed by atoms with E-state index < -0.39 is 6.10 Å². The minimum atomic E-state index is -0.537. The highest BCUT2D eigenvalue weighted by atomic mass is 35.5. The summed E-state index contributed by atoms with van der Waals surface area (Å²) >= 11 is 5.91. The van der Waals surface area contributed by atoms with Gasteiger partial charge in [-0.15, -0.1) is 0 Å². The number of rotatable bonds is 5. The number of halogens is 1. The first-order chi connectivity index (χ1) is 9.97. The molecule has 0 bridgehead atoms. The summed E-state index contributed by atoms with van der Waals surface area (Å²) in [6.07, 6.45) is -0.537. The molecule has 4 heteroatoms. The van der Waals surface area contributed by atoms with Gasteiger partial charge in [0.15, 0.2) is 0 Å². The molecule has 2 atom stereocenters. The van der Waals surface area contributed by atoms with E-state index in [0.29, 0.717) is 12.2 Å². The standard InChI is InChI=1S/C17H21ClN2O/c1-12(13-3-7-15(18)8-4-13)20(2)11-17(21)14-5-9-16(19)10-6-14/h3-10,12,17,21H,11,19H2,1-2H3. The van der Waals surface area contributed by atoms with Crippen LogP contribution in [-0.2, 0) is 0 Å². The van der Waals surface area contributed by atoms with Gasteiger partial charge in [-0.2, -0.15) is 0 Å². The number of anilines is 1. The zero-order valence-electron chi connectivity index (χ0n) is 12.3. The number of aliphatic hydroxyl groups is 1. The van der Waals surface area contributed by atoms with E-state index in [4.69, 9.17) is 17.3 Å². The summed E-state index contributed by atoms with van der Waals surface area (Å²) in [5, 5.41) is 11.1. The number of nitrogens with zero attached hydrogens (tertiary/aromatic N) is 1. The van der Waals surface area contributed by atoms with Crippen molar-refractivity contribution in [2.45, 2.75) is 19.1 Å². The molecule has 2 unspecified atom stereocenters.